The second kappa shape index (κ2) is 16.8. The van der Waals surface area contributed by atoms with Crippen LogP contribution in [0, 0.1) is 0 Å². The van der Waals surface area contributed by atoms with E-state index in [-0.39, 0.29) is 5.75 Å². The van der Waals surface area contributed by atoms with Crippen LogP contribution in [0.25, 0.3) is 0 Å². The van der Waals surface area contributed by atoms with Crippen molar-refractivity contribution < 1.29 is 14.6 Å². The fourth-order valence-corrected chi connectivity index (χ4v) is 3.20. The van der Waals surface area contributed by atoms with Gasteiger partial charge in [-0.1, -0.05) is 90.9 Å². The van der Waals surface area contributed by atoms with Gasteiger partial charge < -0.3 is 14.6 Å². The molecular weight excluding hydrogens is 336 g/mol. The number of ether oxygens (including phenoxy) is 2. The van der Waals surface area contributed by atoms with Crippen LogP contribution in [-0.2, 0) is 0 Å². The first kappa shape index (κ1) is 23.7. The van der Waals surface area contributed by atoms with E-state index in [4.69, 9.17) is 9.47 Å². The molecule has 0 atom stereocenters. The van der Waals surface area contributed by atoms with E-state index >= 15 is 0 Å². The zero-order valence-corrected chi connectivity index (χ0v) is 17.8. The minimum atomic E-state index is 0.176. The van der Waals surface area contributed by atoms with E-state index in [2.05, 4.69) is 13.8 Å². The van der Waals surface area contributed by atoms with Gasteiger partial charge >= 0.3 is 0 Å². The summed E-state index contributed by atoms with van der Waals surface area (Å²) in [4.78, 5) is 0. The molecular formula is C24H42O3. The van der Waals surface area contributed by atoms with Crippen molar-refractivity contribution in [3.63, 3.8) is 0 Å². The highest BCUT2D eigenvalue weighted by atomic mass is 16.5. The molecule has 0 amide bonds. The molecule has 0 aliphatic carbocycles. The van der Waals surface area contributed by atoms with Crippen molar-refractivity contribution in [2.75, 3.05) is 13.2 Å². The third kappa shape index (κ3) is 12.6. The minimum absolute atomic E-state index is 0.176. The molecule has 0 spiro atoms. The van der Waals surface area contributed by atoms with Crippen molar-refractivity contribution >= 4 is 0 Å². The summed E-state index contributed by atoms with van der Waals surface area (Å²) in [6.45, 7) is 5.87. The van der Waals surface area contributed by atoms with Crippen LogP contribution in [0.5, 0.6) is 17.2 Å². The van der Waals surface area contributed by atoms with Gasteiger partial charge in [0.05, 0.1) is 13.2 Å². The second-order valence-electron chi connectivity index (χ2n) is 7.57. The van der Waals surface area contributed by atoms with Crippen molar-refractivity contribution in [2.45, 2.75) is 104 Å². The summed E-state index contributed by atoms with van der Waals surface area (Å²) < 4.78 is 11.4. The number of unbranched alkanes of at least 4 members (excludes halogenated alkanes) is 12. The van der Waals surface area contributed by atoms with Crippen LogP contribution in [-0.4, -0.2) is 18.3 Å². The Balaban J connectivity index is 2.09. The number of phenols is 1. The number of phenolic OH excluding ortho intramolecular Hbond substituents is 1. The monoisotopic (exact) mass is 378 g/mol. The smallest absolute Gasteiger partial charge is 0.161 e. The molecule has 3 heteroatoms. The average Bonchev–Trinajstić information content (AvgIpc) is 2.67. The van der Waals surface area contributed by atoms with Gasteiger partial charge in [-0.25, -0.2) is 0 Å². The van der Waals surface area contributed by atoms with Gasteiger partial charge in [-0.15, -0.1) is 0 Å². The van der Waals surface area contributed by atoms with E-state index in [0.29, 0.717) is 19.0 Å². The Morgan fingerprint density at radius 2 is 1.11 bits per heavy atom. The van der Waals surface area contributed by atoms with Crippen LogP contribution in [0.2, 0.25) is 0 Å². The van der Waals surface area contributed by atoms with Crippen LogP contribution >= 0.6 is 0 Å². The summed E-state index contributed by atoms with van der Waals surface area (Å²) in [5, 5.41) is 10.1. The number of aromatic hydroxyl groups is 1. The number of hydrogen-bond acceptors (Lipinski definition) is 3. The second-order valence-corrected chi connectivity index (χ2v) is 7.57. The third-order valence-corrected chi connectivity index (χ3v) is 4.95. The lowest BCUT2D eigenvalue weighted by Gasteiger charge is -2.11. The first-order chi connectivity index (χ1) is 13.3. The molecule has 1 aromatic rings. The minimum Gasteiger partial charge on any atom is -0.504 e. The molecule has 1 rings (SSSR count). The van der Waals surface area contributed by atoms with Crippen molar-refractivity contribution in [3.8, 4) is 17.2 Å². The molecule has 0 bridgehead atoms. The SMILES string of the molecule is CCCCCCCCCOc1ccc(OCCCCCCCCC)c(O)c1. The van der Waals surface area contributed by atoms with Crippen LogP contribution in [0.15, 0.2) is 18.2 Å². The maximum Gasteiger partial charge on any atom is 0.161 e. The zero-order chi connectivity index (χ0) is 19.6. The molecule has 1 aromatic carbocycles. The molecule has 3 nitrogen and oxygen atoms in total. The Hall–Kier alpha value is -1.38. The van der Waals surface area contributed by atoms with Gasteiger partial charge in [0.25, 0.3) is 0 Å². The predicted octanol–water partition coefficient (Wildman–Crippen LogP) is 7.65. The molecule has 0 saturated carbocycles. The van der Waals surface area contributed by atoms with Crippen molar-refractivity contribution in [1.29, 1.82) is 0 Å². The molecule has 27 heavy (non-hydrogen) atoms. The van der Waals surface area contributed by atoms with Crippen molar-refractivity contribution in [2.24, 2.45) is 0 Å². The molecule has 0 aliphatic rings. The van der Waals surface area contributed by atoms with Gasteiger partial charge in [0, 0.05) is 6.07 Å². The maximum atomic E-state index is 10.1. The van der Waals surface area contributed by atoms with Gasteiger partial charge in [0.15, 0.2) is 11.5 Å². The molecule has 0 radical (unpaired) electrons. The molecule has 0 fully saturated rings. The van der Waals surface area contributed by atoms with E-state index < -0.39 is 0 Å². The fourth-order valence-electron chi connectivity index (χ4n) is 3.20. The highest BCUT2D eigenvalue weighted by Gasteiger charge is 2.05. The summed E-state index contributed by atoms with van der Waals surface area (Å²) in [6.07, 6.45) is 17.7. The number of rotatable bonds is 18. The van der Waals surface area contributed by atoms with E-state index in [9.17, 15) is 5.11 Å². The Morgan fingerprint density at radius 3 is 1.63 bits per heavy atom. The maximum absolute atomic E-state index is 10.1. The summed E-state index contributed by atoms with van der Waals surface area (Å²) in [5.74, 6) is 1.46. The van der Waals surface area contributed by atoms with Gasteiger partial charge in [0.2, 0.25) is 0 Å². The molecule has 0 unspecified atom stereocenters. The molecule has 1 N–H and O–H groups in total. The summed E-state index contributed by atoms with van der Waals surface area (Å²) >= 11 is 0. The molecule has 0 aromatic heterocycles. The molecule has 156 valence electrons. The Morgan fingerprint density at radius 1 is 0.630 bits per heavy atom. The van der Waals surface area contributed by atoms with Crippen molar-refractivity contribution in [3.05, 3.63) is 18.2 Å². The fraction of sp³-hybridized carbons (Fsp3) is 0.750. The molecule has 0 saturated heterocycles. The van der Waals surface area contributed by atoms with Gasteiger partial charge in [-0.3, -0.25) is 0 Å². The lowest BCUT2D eigenvalue weighted by atomic mass is 10.1. The molecule has 0 heterocycles. The van der Waals surface area contributed by atoms with Crippen LogP contribution < -0.4 is 9.47 Å². The van der Waals surface area contributed by atoms with E-state index in [0.717, 1.165) is 18.6 Å². The zero-order valence-electron chi connectivity index (χ0n) is 17.8. The van der Waals surface area contributed by atoms with Gasteiger partial charge in [-0.05, 0) is 25.0 Å². The third-order valence-electron chi connectivity index (χ3n) is 4.95. The highest BCUT2D eigenvalue weighted by Crippen LogP contribution is 2.30. The highest BCUT2D eigenvalue weighted by molar-refractivity contribution is 5.44. The first-order valence-electron chi connectivity index (χ1n) is 11.4. The average molecular weight is 379 g/mol. The number of hydrogen-bond donors (Lipinski definition) is 1. The van der Waals surface area contributed by atoms with Crippen LogP contribution in [0.3, 0.4) is 0 Å². The lowest BCUT2D eigenvalue weighted by Crippen LogP contribution is -1.99. The van der Waals surface area contributed by atoms with Crippen molar-refractivity contribution in [1.82, 2.24) is 0 Å². The molecule has 0 aliphatic heterocycles. The van der Waals surface area contributed by atoms with Gasteiger partial charge in [-0.2, -0.15) is 0 Å². The predicted molar refractivity (Wildman–Crippen MR) is 115 cm³/mol. The van der Waals surface area contributed by atoms with E-state index in [1.165, 1.54) is 77.0 Å². The Kier molecular flexibility index (Phi) is 14.7. The van der Waals surface area contributed by atoms with Gasteiger partial charge in [0.1, 0.15) is 5.75 Å². The number of benzene rings is 1. The van der Waals surface area contributed by atoms with E-state index in [1.54, 1.807) is 6.07 Å². The standard InChI is InChI=1S/C24H42O3/c1-3-5-7-9-11-13-15-19-26-22-17-18-24(23(25)21-22)27-20-16-14-12-10-8-6-4-2/h17-18,21,25H,3-16,19-20H2,1-2H3. The quantitative estimate of drug-likeness (QED) is 0.267. The normalized spacial score (nSPS) is 10.9. The van der Waals surface area contributed by atoms with E-state index in [1.807, 2.05) is 12.1 Å². The summed E-state index contributed by atoms with van der Waals surface area (Å²) in [7, 11) is 0. The van der Waals surface area contributed by atoms with Crippen LogP contribution in [0.1, 0.15) is 104 Å². The lowest BCUT2D eigenvalue weighted by molar-refractivity contribution is 0.282. The van der Waals surface area contributed by atoms with Crippen LogP contribution in [0.4, 0.5) is 0 Å². The first-order valence-corrected chi connectivity index (χ1v) is 11.4. The summed E-state index contributed by atoms with van der Waals surface area (Å²) in [6, 6.07) is 5.37. The summed E-state index contributed by atoms with van der Waals surface area (Å²) in [5.41, 5.74) is 0. The Bertz CT molecular complexity index is 459. The largest absolute Gasteiger partial charge is 0.504 e. The Labute approximate surface area is 167 Å². The topological polar surface area (TPSA) is 38.7 Å².